The lowest BCUT2D eigenvalue weighted by molar-refractivity contribution is 0.253. The van der Waals surface area contributed by atoms with E-state index >= 15 is 0 Å². The topological polar surface area (TPSA) is 60.0 Å². The molecule has 1 aromatic carbocycles. The van der Waals surface area contributed by atoms with Gasteiger partial charge in [0.05, 0.1) is 18.2 Å². The van der Waals surface area contributed by atoms with Gasteiger partial charge in [-0.25, -0.2) is 4.98 Å². The summed E-state index contributed by atoms with van der Waals surface area (Å²) < 4.78 is 7.46. The smallest absolute Gasteiger partial charge is 0.250 e. The highest BCUT2D eigenvalue weighted by molar-refractivity contribution is 5.19. The molecular formula is C16H19N5O. The summed E-state index contributed by atoms with van der Waals surface area (Å²) >= 11 is 0. The van der Waals surface area contributed by atoms with Crippen molar-refractivity contribution in [1.82, 2.24) is 24.6 Å². The van der Waals surface area contributed by atoms with Crippen LogP contribution in [0, 0.1) is 0 Å². The van der Waals surface area contributed by atoms with Crippen molar-refractivity contribution < 1.29 is 4.52 Å². The van der Waals surface area contributed by atoms with Crippen LogP contribution in [-0.4, -0.2) is 38.7 Å². The van der Waals surface area contributed by atoms with Crippen LogP contribution in [0.1, 0.15) is 29.0 Å². The first kappa shape index (κ1) is 14.5. The van der Waals surface area contributed by atoms with E-state index in [4.69, 9.17) is 4.52 Å². The molecule has 0 spiro atoms. The lowest BCUT2D eigenvalue weighted by atomic mass is 10.1. The fraction of sp³-hybridized carbons (Fsp3) is 0.312. The molecule has 3 aromatic rings. The monoisotopic (exact) mass is 297 g/mol. The van der Waals surface area contributed by atoms with Gasteiger partial charge in [0.2, 0.25) is 5.89 Å². The Labute approximate surface area is 129 Å². The van der Waals surface area contributed by atoms with Crippen LogP contribution >= 0.6 is 0 Å². The van der Waals surface area contributed by atoms with Gasteiger partial charge in [-0.15, -0.1) is 0 Å². The molecule has 6 heteroatoms. The maximum atomic E-state index is 5.50. The van der Waals surface area contributed by atoms with Crippen LogP contribution < -0.4 is 0 Å². The quantitative estimate of drug-likeness (QED) is 0.721. The molecule has 1 atom stereocenters. The Morgan fingerprint density at radius 2 is 2.00 bits per heavy atom. The summed E-state index contributed by atoms with van der Waals surface area (Å²) in [5.74, 6) is 1.27. The molecule has 6 nitrogen and oxygen atoms in total. The molecule has 22 heavy (non-hydrogen) atoms. The van der Waals surface area contributed by atoms with E-state index in [-0.39, 0.29) is 6.04 Å². The summed E-state index contributed by atoms with van der Waals surface area (Å²) in [6, 6.07) is 10.0. The Morgan fingerprint density at radius 3 is 2.64 bits per heavy atom. The number of aryl methyl sites for hydroxylation is 1. The summed E-state index contributed by atoms with van der Waals surface area (Å²) in [5, 5.41) is 4.11. The predicted octanol–water partition coefficient (Wildman–Crippen LogP) is 2.04. The van der Waals surface area contributed by atoms with E-state index in [9.17, 15) is 0 Å². The standard InChI is InChI=1S/C16H19N5O/c1-20(2)15(13-10-17-11-21(13)3)16-18-14(19-22-16)9-12-7-5-4-6-8-12/h4-8,10-11,15H,9H2,1-3H3. The highest BCUT2D eigenvalue weighted by Crippen LogP contribution is 2.24. The molecule has 0 fully saturated rings. The van der Waals surface area contributed by atoms with Gasteiger partial charge in [-0.2, -0.15) is 4.98 Å². The molecule has 0 bridgehead atoms. The van der Waals surface area contributed by atoms with E-state index < -0.39 is 0 Å². The minimum Gasteiger partial charge on any atom is -0.337 e. The van der Waals surface area contributed by atoms with Crippen LogP contribution in [0.15, 0.2) is 47.4 Å². The normalized spacial score (nSPS) is 12.7. The van der Waals surface area contributed by atoms with E-state index in [2.05, 4.69) is 27.3 Å². The van der Waals surface area contributed by atoms with Gasteiger partial charge in [0, 0.05) is 13.5 Å². The number of rotatable bonds is 5. The molecule has 0 saturated carbocycles. The number of aromatic nitrogens is 4. The second-order valence-corrected chi connectivity index (χ2v) is 5.51. The highest BCUT2D eigenvalue weighted by Gasteiger charge is 2.25. The lowest BCUT2D eigenvalue weighted by Gasteiger charge is -2.20. The Morgan fingerprint density at radius 1 is 1.23 bits per heavy atom. The van der Waals surface area contributed by atoms with Crippen LogP contribution in [0.5, 0.6) is 0 Å². The van der Waals surface area contributed by atoms with Crippen LogP contribution in [0.3, 0.4) is 0 Å². The second-order valence-electron chi connectivity index (χ2n) is 5.51. The van der Waals surface area contributed by atoms with Crippen molar-refractivity contribution in [3.05, 3.63) is 65.8 Å². The molecule has 0 aliphatic heterocycles. The average molecular weight is 297 g/mol. The molecule has 0 saturated heterocycles. The van der Waals surface area contributed by atoms with Crippen LogP contribution in [0.4, 0.5) is 0 Å². The van der Waals surface area contributed by atoms with Gasteiger partial charge in [0.25, 0.3) is 0 Å². The summed E-state index contributed by atoms with van der Waals surface area (Å²) in [6.07, 6.45) is 4.26. The minimum absolute atomic E-state index is 0.107. The molecule has 2 aromatic heterocycles. The molecule has 0 N–H and O–H groups in total. The molecular weight excluding hydrogens is 278 g/mol. The zero-order valence-electron chi connectivity index (χ0n) is 13.0. The number of hydrogen-bond donors (Lipinski definition) is 0. The van der Waals surface area contributed by atoms with E-state index in [1.165, 1.54) is 0 Å². The molecule has 2 heterocycles. The Balaban J connectivity index is 1.86. The van der Waals surface area contributed by atoms with Crippen molar-refractivity contribution in [3.63, 3.8) is 0 Å². The van der Waals surface area contributed by atoms with Gasteiger partial charge in [0.15, 0.2) is 5.82 Å². The zero-order chi connectivity index (χ0) is 15.5. The predicted molar refractivity (Wildman–Crippen MR) is 82.3 cm³/mol. The van der Waals surface area contributed by atoms with Gasteiger partial charge in [-0.3, -0.25) is 4.90 Å². The summed E-state index contributed by atoms with van der Waals surface area (Å²) in [5.41, 5.74) is 2.18. The van der Waals surface area contributed by atoms with Crippen molar-refractivity contribution >= 4 is 0 Å². The van der Waals surface area contributed by atoms with Crippen molar-refractivity contribution in [2.75, 3.05) is 14.1 Å². The molecule has 0 amide bonds. The third-order valence-corrected chi connectivity index (χ3v) is 3.57. The molecule has 0 aliphatic carbocycles. The fourth-order valence-corrected chi connectivity index (χ4v) is 2.47. The highest BCUT2D eigenvalue weighted by atomic mass is 16.5. The van der Waals surface area contributed by atoms with E-state index in [0.29, 0.717) is 18.1 Å². The van der Waals surface area contributed by atoms with Crippen LogP contribution in [-0.2, 0) is 13.5 Å². The first-order chi connectivity index (χ1) is 10.6. The fourth-order valence-electron chi connectivity index (χ4n) is 2.47. The lowest BCUT2D eigenvalue weighted by Crippen LogP contribution is -2.23. The van der Waals surface area contributed by atoms with Gasteiger partial charge < -0.3 is 9.09 Å². The van der Waals surface area contributed by atoms with E-state index in [0.717, 1.165) is 11.3 Å². The SMILES string of the molecule is CN(C)C(c1nc(Cc2ccccc2)no1)c1cncn1C. The maximum Gasteiger partial charge on any atom is 0.250 e. The number of hydrogen-bond acceptors (Lipinski definition) is 5. The van der Waals surface area contributed by atoms with E-state index in [1.54, 1.807) is 6.33 Å². The van der Waals surface area contributed by atoms with Gasteiger partial charge in [-0.05, 0) is 19.7 Å². The van der Waals surface area contributed by atoms with E-state index in [1.807, 2.05) is 55.0 Å². The van der Waals surface area contributed by atoms with Crippen molar-refractivity contribution in [1.29, 1.82) is 0 Å². The third kappa shape index (κ3) is 2.92. The number of imidazole rings is 1. The summed E-state index contributed by atoms with van der Waals surface area (Å²) in [4.78, 5) is 10.8. The van der Waals surface area contributed by atoms with Crippen LogP contribution in [0.2, 0.25) is 0 Å². The third-order valence-electron chi connectivity index (χ3n) is 3.57. The summed E-state index contributed by atoms with van der Waals surface area (Å²) in [7, 11) is 5.93. The van der Waals surface area contributed by atoms with Gasteiger partial charge in [-0.1, -0.05) is 35.5 Å². The van der Waals surface area contributed by atoms with Crippen molar-refractivity contribution in [2.45, 2.75) is 12.5 Å². The van der Waals surface area contributed by atoms with Crippen molar-refractivity contribution in [3.8, 4) is 0 Å². The van der Waals surface area contributed by atoms with Gasteiger partial charge >= 0.3 is 0 Å². The zero-order valence-corrected chi connectivity index (χ0v) is 13.0. The maximum absolute atomic E-state index is 5.50. The number of benzene rings is 1. The molecule has 3 rings (SSSR count). The second kappa shape index (κ2) is 6.11. The summed E-state index contributed by atoms with van der Waals surface area (Å²) in [6.45, 7) is 0. The molecule has 1 unspecified atom stereocenters. The Bertz CT molecular complexity index is 732. The first-order valence-corrected chi connectivity index (χ1v) is 7.14. The van der Waals surface area contributed by atoms with Crippen LogP contribution in [0.25, 0.3) is 0 Å². The molecule has 0 aliphatic rings. The first-order valence-electron chi connectivity index (χ1n) is 7.14. The largest absolute Gasteiger partial charge is 0.337 e. The number of nitrogens with zero attached hydrogens (tertiary/aromatic N) is 5. The minimum atomic E-state index is -0.107. The average Bonchev–Trinajstić information content (AvgIpc) is 3.11. The van der Waals surface area contributed by atoms with Crippen molar-refractivity contribution in [2.24, 2.45) is 7.05 Å². The Kier molecular flexibility index (Phi) is 4.02. The molecule has 0 radical (unpaired) electrons. The van der Waals surface area contributed by atoms with Gasteiger partial charge in [0.1, 0.15) is 6.04 Å². The molecule has 114 valence electrons. The Hall–Kier alpha value is -2.47.